The van der Waals surface area contributed by atoms with E-state index in [1.54, 1.807) is 36.5 Å². The summed E-state index contributed by atoms with van der Waals surface area (Å²) in [6.07, 6.45) is 2.97. The SMILES string of the molecule is Cc1nn(C)c(C)c1C(=O)CC(=O)c1cn(C)cn1. The van der Waals surface area contributed by atoms with E-state index >= 15 is 0 Å². The van der Waals surface area contributed by atoms with E-state index in [1.165, 1.54) is 6.33 Å². The van der Waals surface area contributed by atoms with E-state index in [2.05, 4.69) is 10.1 Å². The minimum atomic E-state index is -0.270. The Hall–Kier alpha value is -2.24. The quantitative estimate of drug-likeness (QED) is 0.612. The van der Waals surface area contributed by atoms with Crippen LogP contribution in [0.2, 0.25) is 0 Å². The van der Waals surface area contributed by atoms with Gasteiger partial charge in [-0.05, 0) is 13.8 Å². The van der Waals surface area contributed by atoms with Crippen molar-refractivity contribution in [3.63, 3.8) is 0 Å². The molecule has 100 valence electrons. The highest BCUT2D eigenvalue weighted by atomic mass is 16.1. The molecule has 0 fully saturated rings. The van der Waals surface area contributed by atoms with Gasteiger partial charge in [-0.2, -0.15) is 5.10 Å². The average Bonchev–Trinajstić information content (AvgIpc) is 2.84. The molecule has 0 aliphatic heterocycles. The van der Waals surface area contributed by atoms with Crippen molar-refractivity contribution in [3.8, 4) is 0 Å². The standard InChI is InChI=1S/C13H16N4O2/c1-8-13(9(2)17(4)15-8)12(19)5-11(18)10-6-16(3)7-14-10/h6-7H,5H2,1-4H3. The molecule has 0 unspecified atom stereocenters. The van der Waals surface area contributed by atoms with Crippen LogP contribution in [-0.2, 0) is 14.1 Å². The number of aryl methyl sites for hydroxylation is 3. The Kier molecular flexibility index (Phi) is 3.33. The lowest BCUT2D eigenvalue weighted by Gasteiger charge is -2.00. The smallest absolute Gasteiger partial charge is 0.190 e. The van der Waals surface area contributed by atoms with Crippen molar-refractivity contribution in [2.24, 2.45) is 14.1 Å². The van der Waals surface area contributed by atoms with Crippen molar-refractivity contribution in [1.82, 2.24) is 19.3 Å². The van der Waals surface area contributed by atoms with Crippen LogP contribution in [0.3, 0.4) is 0 Å². The molecule has 2 rings (SSSR count). The molecule has 0 atom stereocenters. The average molecular weight is 260 g/mol. The third-order valence-electron chi connectivity index (χ3n) is 3.10. The summed E-state index contributed by atoms with van der Waals surface area (Å²) in [4.78, 5) is 28.1. The van der Waals surface area contributed by atoms with Crippen molar-refractivity contribution in [2.75, 3.05) is 0 Å². The molecule has 19 heavy (non-hydrogen) atoms. The highest BCUT2D eigenvalue weighted by molar-refractivity contribution is 6.13. The summed E-state index contributed by atoms with van der Waals surface area (Å²) in [5.74, 6) is -0.480. The van der Waals surface area contributed by atoms with Gasteiger partial charge in [0.15, 0.2) is 11.6 Å². The molecule has 0 amide bonds. The van der Waals surface area contributed by atoms with Crippen LogP contribution in [0.1, 0.15) is 38.7 Å². The highest BCUT2D eigenvalue weighted by Crippen LogP contribution is 2.15. The Morgan fingerprint density at radius 1 is 1.21 bits per heavy atom. The van der Waals surface area contributed by atoms with Gasteiger partial charge in [-0.25, -0.2) is 4.98 Å². The summed E-state index contributed by atoms with van der Waals surface area (Å²) in [6.45, 7) is 3.59. The lowest BCUT2D eigenvalue weighted by molar-refractivity contribution is 0.0891. The number of Topliss-reactive ketones (excluding diaryl/α,β-unsaturated/α-hetero) is 2. The van der Waals surface area contributed by atoms with Crippen LogP contribution in [0.5, 0.6) is 0 Å². The minimum absolute atomic E-state index is 0.176. The lowest BCUT2D eigenvalue weighted by Crippen LogP contribution is -2.11. The van der Waals surface area contributed by atoms with Crippen molar-refractivity contribution >= 4 is 11.6 Å². The summed E-state index contributed by atoms with van der Waals surface area (Å²) in [7, 11) is 3.56. The molecule has 2 aromatic heterocycles. The zero-order valence-electron chi connectivity index (χ0n) is 11.5. The van der Waals surface area contributed by atoms with Crippen molar-refractivity contribution in [3.05, 3.63) is 35.2 Å². The Bertz CT molecular complexity index is 652. The van der Waals surface area contributed by atoms with E-state index < -0.39 is 0 Å². The predicted molar refractivity (Wildman–Crippen MR) is 69.2 cm³/mol. The van der Waals surface area contributed by atoms with Gasteiger partial charge in [-0.15, -0.1) is 0 Å². The maximum absolute atomic E-state index is 12.2. The molecular weight excluding hydrogens is 244 g/mol. The number of nitrogens with zero attached hydrogens (tertiary/aromatic N) is 4. The molecule has 0 radical (unpaired) electrons. The number of hydrogen-bond donors (Lipinski definition) is 0. The van der Waals surface area contributed by atoms with Gasteiger partial charge in [-0.1, -0.05) is 0 Å². The van der Waals surface area contributed by atoms with E-state index in [0.29, 0.717) is 17.0 Å². The Balaban J connectivity index is 2.20. The second-order valence-electron chi connectivity index (χ2n) is 4.62. The summed E-state index contributed by atoms with van der Waals surface area (Å²) in [5, 5.41) is 4.18. The van der Waals surface area contributed by atoms with Crippen LogP contribution in [0.25, 0.3) is 0 Å². The van der Waals surface area contributed by atoms with Crippen molar-refractivity contribution in [1.29, 1.82) is 0 Å². The molecular formula is C13H16N4O2. The summed E-state index contributed by atoms with van der Waals surface area (Å²) < 4.78 is 3.33. The van der Waals surface area contributed by atoms with E-state index in [9.17, 15) is 9.59 Å². The van der Waals surface area contributed by atoms with Crippen LogP contribution in [0.15, 0.2) is 12.5 Å². The van der Waals surface area contributed by atoms with Gasteiger partial charge < -0.3 is 4.57 Å². The maximum atomic E-state index is 12.2. The van der Waals surface area contributed by atoms with E-state index in [4.69, 9.17) is 0 Å². The largest absolute Gasteiger partial charge is 0.340 e. The lowest BCUT2D eigenvalue weighted by atomic mass is 10.0. The monoisotopic (exact) mass is 260 g/mol. The van der Waals surface area contributed by atoms with E-state index in [1.807, 2.05) is 6.92 Å². The number of rotatable bonds is 4. The normalized spacial score (nSPS) is 10.7. The number of hydrogen-bond acceptors (Lipinski definition) is 4. The molecule has 0 bridgehead atoms. The molecule has 6 nitrogen and oxygen atoms in total. The minimum Gasteiger partial charge on any atom is -0.340 e. The highest BCUT2D eigenvalue weighted by Gasteiger charge is 2.21. The molecule has 2 aromatic rings. The number of carbonyl (C=O) groups is 2. The fourth-order valence-electron chi connectivity index (χ4n) is 2.06. The zero-order chi connectivity index (χ0) is 14.2. The van der Waals surface area contributed by atoms with Crippen LogP contribution in [0, 0.1) is 13.8 Å². The van der Waals surface area contributed by atoms with Gasteiger partial charge in [-0.3, -0.25) is 14.3 Å². The third-order valence-corrected chi connectivity index (χ3v) is 3.10. The molecule has 0 N–H and O–H groups in total. The van der Waals surface area contributed by atoms with Crippen LogP contribution < -0.4 is 0 Å². The molecule has 2 heterocycles. The first kappa shape index (κ1) is 13.2. The predicted octanol–water partition coefficient (Wildman–Crippen LogP) is 1.23. The van der Waals surface area contributed by atoms with Crippen LogP contribution in [-0.4, -0.2) is 30.9 Å². The molecule has 0 saturated carbocycles. The maximum Gasteiger partial charge on any atom is 0.190 e. The Labute approximate surface area is 111 Å². The summed E-state index contributed by atoms with van der Waals surface area (Å²) in [5.41, 5.74) is 2.27. The first-order valence-corrected chi connectivity index (χ1v) is 5.94. The molecule has 0 aromatic carbocycles. The molecule has 0 aliphatic rings. The van der Waals surface area contributed by atoms with E-state index in [0.717, 1.165) is 5.69 Å². The first-order valence-electron chi connectivity index (χ1n) is 5.94. The van der Waals surface area contributed by atoms with Crippen molar-refractivity contribution in [2.45, 2.75) is 20.3 Å². The Morgan fingerprint density at radius 2 is 1.89 bits per heavy atom. The number of ketones is 2. The molecule has 0 saturated heterocycles. The zero-order valence-corrected chi connectivity index (χ0v) is 11.5. The van der Waals surface area contributed by atoms with Gasteiger partial charge >= 0.3 is 0 Å². The van der Waals surface area contributed by atoms with Crippen LogP contribution in [0.4, 0.5) is 0 Å². The molecule has 6 heteroatoms. The molecule has 0 aliphatic carbocycles. The number of aromatic nitrogens is 4. The van der Waals surface area contributed by atoms with E-state index in [-0.39, 0.29) is 18.0 Å². The third kappa shape index (κ3) is 2.47. The van der Waals surface area contributed by atoms with Crippen LogP contribution >= 0.6 is 0 Å². The number of imidazole rings is 1. The fraction of sp³-hybridized carbons (Fsp3) is 0.385. The summed E-state index contributed by atoms with van der Waals surface area (Å²) >= 11 is 0. The van der Waals surface area contributed by atoms with Gasteiger partial charge in [0, 0.05) is 26.0 Å². The second-order valence-corrected chi connectivity index (χ2v) is 4.62. The first-order chi connectivity index (χ1) is 8.90. The van der Waals surface area contributed by atoms with Gasteiger partial charge in [0.1, 0.15) is 5.69 Å². The second kappa shape index (κ2) is 4.79. The fourth-order valence-corrected chi connectivity index (χ4v) is 2.06. The Morgan fingerprint density at radius 3 is 2.37 bits per heavy atom. The van der Waals surface area contributed by atoms with Gasteiger partial charge in [0.25, 0.3) is 0 Å². The molecule has 0 spiro atoms. The van der Waals surface area contributed by atoms with Crippen molar-refractivity contribution < 1.29 is 9.59 Å². The topological polar surface area (TPSA) is 69.8 Å². The summed E-state index contributed by atoms with van der Waals surface area (Å²) in [6, 6.07) is 0. The van der Waals surface area contributed by atoms with Gasteiger partial charge in [0.2, 0.25) is 0 Å². The number of carbonyl (C=O) groups excluding carboxylic acids is 2. The van der Waals surface area contributed by atoms with Gasteiger partial charge in [0.05, 0.1) is 24.0 Å².